The fraction of sp³-hybridized carbons (Fsp3) is 0.900. The van der Waals surface area contributed by atoms with Crippen LogP contribution in [0, 0.1) is 5.92 Å². The zero-order valence-corrected chi connectivity index (χ0v) is 16.1. The lowest BCUT2D eigenvalue weighted by molar-refractivity contribution is -0.162. The third kappa shape index (κ3) is 12.4. The summed E-state index contributed by atoms with van der Waals surface area (Å²) >= 11 is 0. The van der Waals surface area contributed by atoms with Gasteiger partial charge in [0.25, 0.3) is 0 Å². The van der Waals surface area contributed by atoms with Gasteiger partial charge in [0.15, 0.2) is 5.92 Å². The Hall–Kier alpha value is -1.06. The standard InChI is InChI=1S/C20H38O4/c1-4-7-10-11-12-13-14-15-18(19(21)23-16-8-5-2)20(22)24-17-9-6-3/h18H,4-17H2,1-3H3. The van der Waals surface area contributed by atoms with Gasteiger partial charge in [0.1, 0.15) is 0 Å². The van der Waals surface area contributed by atoms with Crippen LogP contribution in [0.25, 0.3) is 0 Å². The smallest absolute Gasteiger partial charge is 0.320 e. The van der Waals surface area contributed by atoms with Crippen molar-refractivity contribution in [3.05, 3.63) is 0 Å². The van der Waals surface area contributed by atoms with E-state index in [9.17, 15) is 9.59 Å². The number of rotatable bonds is 16. The Morgan fingerprint density at radius 1 is 0.625 bits per heavy atom. The van der Waals surface area contributed by atoms with Crippen LogP contribution in [-0.4, -0.2) is 25.2 Å². The summed E-state index contributed by atoms with van der Waals surface area (Å²) in [7, 11) is 0. The Balaban J connectivity index is 4.20. The van der Waals surface area contributed by atoms with E-state index in [1.54, 1.807) is 0 Å². The van der Waals surface area contributed by atoms with E-state index >= 15 is 0 Å². The maximum absolute atomic E-state index is 12.2. The van der Waals surface area contributed by atoms with Crippen LogP contribution in [0.15, 0.2) is 0 Å². The van der Waals surface area contributed by atoms with Crippen molar-refractivity contribution in [2.45, 2.75) is 97.8 Å². The minimum atomic E-state index is -0.741. The second-order valence-electron chi connectivity index (χ2n) is 6.50. The molecule has 0 bridgehead atoms. The van der Waals surface area contributed by atoms with Gasteiger partial charge in [0, 0.05) is 0 Å². The molecule has 0 saturated carbocycles. The lowest BCUT2D eigenvalue weighted by Gasteiger charge is -2.15. The van der Waals surface area contributed by atoms with E-state index in [0.29, 0.717) is 19.6 Å². The molecule has 0 saturated heterocycles. The van der Waals surface area contributed by atoms with Crippen LogP contribution in [0.2, 0.25) is 0 Å². The molecule has 142 valence electrons. The first kappa shape index (κ1) is 22.9. The molecule has 0 amide bonds. The molecule has 4 heteroatoms. The molecule has 0 fully saturated rings. The summed E-state index contributed by atoms with van der Waals surface area (Å²) < 4.78 is 10.5. The van der Waals surface area contributed by atoms with Gasteiger partial charge in [0.2, 0.25) is 0 Å². The van der Waals surface area contributed by atoms with E-state index in [2.05, 4.69) is 6.92 Å². The third-order valence-electron chi connectivity index (χ3n) is 4.15. The maximum Gasteiger partial charge on any atom is 0.320 e. The van der Waals surface area contributed by atoms with E-state index < -0.39 is 17.9 Å². The summed E-state index contributed by atoms with van der Waals surface area (Å²) in [4.78, 5) is 24.3. The van der Waals surface area contributed by atoms with E-state index in [1.165, 1.54) is 32.1 Å². The Morgan fingerprint density at radius 3 is 1.50 bits per heavy atom. The molecule has 0 aliphatic heterocycles. The predicted molar refractivity (Wildman–Crippen MR) is 97.8 cm³/mol. The fourth-order valence-electron chi connectivity index (χ4n) is 2.47. The summed E-state index contributed by atoms with van der Waals surface area (Å²) in [5.41, 5.74) is 0. The number of carbonyl (C=O) groups is 2. The van der Waals surface area contributed by atoms with Gasteiger partial charge >= 0.3 is 11.9 Å². The SMILES string of the molecule is CCCCCCCCCC(C(=O)OCCCC)C(=O)OCCCC. The van der Waals surface area contributed by atoms with Crippen molar-refractivity contribution in [3.8, 4) is 0 Å². The number of hydrogen-bond acceptors (Lipinski definition) is 4. The average molecular weight is 343 g/mol. The molecule has 0 radical (unpaired) electrons. The monoisotopic (exact) mass is 342 g/mol. The van der Waals surface area contributed by atoms with Crippen LogP contribution >= 0.6 is 0 Å². The molecule has 0 atom stereocenters. The van der Waals surface area contributed by atoms with E-state index in [-0.39, 0.29) is 0 Å². The van der Waals surface area contributed by atoms with E-state index in [0.717, 1.165) is 38.5 Å². The highest BCUT2D eigenvalue weighted by molar-refractivity contribution is 5.94. The first-order chi connectivity index (χ1) is 11.7. The molecule has 0 heterocycles. The van der Waals surface area contributed by atoms with Gasteiger partial charge in [-0.2, -0.15) is 0 Å². The predicted octanol–water partition coefficient (Wildman–Crippen LogP) is 5.43. The van der Waals surface area contributed by atoms with Crippen molar-refractivity contribution in [1.82, 2.24) is 0 Å². The molecule has 0 aliphatic rings. The van der Waals surface area contributed by atoms with Crippen LogP contribution < -0.4 is 0 Å². The van der Waals surface area contributed by atoms with Crippen LogP contribution in [0.3, 0.4) is 0 Å². The number of ether oxygens (including phenoxy) is 2. The lowest BCUT2D eigenvalue weighted by atomic mass is 10.00. The molecular formula is C20H38O4. The summed E-state index contributed by atoms with van der Waals surface area (Å²) in [5.74, 6) is -1.55. The van der Waals surface area contributed by atoms with Crippen molar-refractivity contribution in [2.24, 2.45) is 5.92 Å². The lowest BCUT2D eigenvalue weighted by Crippen LogP contribution is -2.28. The van der Waals surface area contributed by atoms with Crippen LogP contribution in [0.1, 0.15) is 97.8 Å². The zero-order valence-electron chi connectivity index (χ0n) is 16.1. The molecule has 24 heavy (non-hydrogen) atoms. The van der Waals surface area contributed by atoms with Gasteiger partial charge in [-0.15, -0.1) is 0 Å². The number of esters is 2. The molecule has 0 aromatic carbocycles. The van der Waals surface area contributed by atoms with E-state index in [1.807, 2.05) is 13.8 Å². The molecule has 0 unspecified atom stereocenters. The highest BCUT2D eigenvalue weighted by Gasteiger charge is 2.29. The maximum atomic E-state index is 12.2. The zero-order chi connectivity index (χ0) is 18.0. The van der Waals surface area contributed by atoms with Crippen LogP contribution in [-0.2, 0) is 19.1 Å². The van der Waals surface area contributed by atoms with Gasteiger partial charge in [0.05, 0.1) is 13.2 Å². The molecule has 0 aliphatic carbocycles. The van der Waals surface area contributed by atoms with Crippen molar-refractivity contribution in [2.75, 3.05) is 13.2 Å². The Kier molecular flexibility index (Phi) is 16.0. The largest absolute Gasteiger partial charge is 0.465 e. The minimum absolute atomic E-state index is 0.394. The second-order valence-corrected chi connectivity index (χ2v) is 6.50. The van der Waals surface area contributed by atoms with Crippen molar-refractivity contribution < 1.29 is 19.1 Å². The molecule has 0 aromatic heterocycles. The average Bonchev–Trinajstić information content (AvgIpc) is 2.57. The number of hydrogen-bond donors (Lipinski definition) is 0. The second kappa shape index (κ2) is 16.8. The van der Waals surface area contributed by atoms with Gasteiger partial charge in [-0.25, -0.2) is 0 Å². The van der Waals surface area contributed by atoms with Crippen molar-refractivity contribution >= 4 is 11.9 Å². The molecule has 0 N–H and O–H groups in total. The summed E-state index contributed by atoms with van der Waals surface area (Å²) in [6.45, 7) is 7.08. The first-order valence-electron chi connectivity index (χ1n) is 10.0. The molecule has 0 aromatic rings. The van der Waals surface area contributed by atoms with Gasteiger partial charge in [-0.1, -0.05) is 78.6 Å². The van der Waals surface area contributed by atoms with Crippen LogP contribution in [0.4, 0.5) is 0 Å². The third-order valence-corrected chi connectivity index (χ3v) is 4.15. The Bertz CT molecular complexity index is 293. The Labute approximate surface area is 148 Å². The number of unbranched alkanes of at least 4 members (excludes halogenated alkanes) is 8. The van der Waals surface area contributed by atoms with Gasteiger partial charge < -0.3 is 9.47 Å². The summed E-state index contributed by atoms with van der Waals surface area (Å²) in [5, 5.41) is 0. The molecular weight excluding hydrogens is 304 g/mol. The summed E-state index contributed by atoms with van der Waals surface area (Å²) in [6.07, 6.45) is 12.3. The molecule has 0 spiro atoms. The highest BCUT2D eigenvalue weighted by atomic mass is 16.6. The number of carbonyl (C=O) groups excluding carboxylic acids is 2. The fourth-order valence-corrected chi connectivity index (χ4v) is 2.47. The van der Waals surface area contributed by atoms with Crippen LogP contribution in [0.5, 0.6) is 0 Å². The minimum Gasteiger partial charge on any atom is -0.465 e. The quantitative estimate of drug-likeness (QED) is 0.213. The molecule has 0 rings (SSSR count). The normalized spacial score (nSPS) is 10.8. The van der Waals surface area contributed by atoms with Gasteiger partial charge in [-0.05, 0) is 19.3 Å². The summed E-state index contributed by atoms with van der Waals surface area (Å²) in [6, 6.07) is 0. The van der Waals surface area contributed by atoms with Gasteiger partial charge in [-0.3, -0.25) is 9.59 Å². The van der Waals surface area contributed by atoms with Crippen molar-refractivity contribution in [1.29, 1.82) is 0 Å². The van der Waals surface area contributed by atoms with Crippen molar-refractivity contribution in [3.63, 3.8) is 0 Å². The topological polar surface area (TPSA) is 52.6 Å². The highest BCUT2D eigenvalue weighted by Crippen LogP contribution is 2.16. The first-order valence-corrected chi connectivity index (χ1v) is 10.0. The van der Waals surface area contributed by atoms with E-state index in [4.69, 9.17) is 9.47 Å². The molecule has 4 nitrogen and oxygen atoms in total. The Morgan fingerprint density at radius 2 is 1.04 bits per heavy atom.